The van der Waals surface area contributed by atoms with Gasteiger partial charge in [-0.3, -0.25) is 0 Å². The number of phenolic OH excluding ortho intramolecular Hbond substituents is 5. The maximum atomic E-state index is 11.2. The summed E-state index contributed by atoms with van der Waals surface area (Å²) in [7, 11) is 0. The second kappa shape index (κ2) is 14.0. The van der Waals surface area contributed by atoms with E-state index >= 15 is 0 Å². The number of aryl methyl sites for hydroxylation is 1. The molecule has 3 spiro atoms. The van der Waals surface area contributed by atoms with Gasteiger partial charge in [-0.2, -0.15) is 0 Å². The molecule has 274 valence electrons. The van der Waals surface area contributed by atoms with Crippen LogP contribution in [0.4, 0.5) is 0 Å². The summed E-state index contributed by atoms with van der Waals surface area (Å²) >= 11 is 0. The first-order valence-electron chi connectivity index (χ1n) is 19.6. The number of nitrogens with one attached hydrogen (secondary N) is 1. The fraction of sp³-hybridized carbons (Fsp3) is 0.467. The molecule has 7 nitrogen and oxygen atoms in total. The number of hydrogen-bond acceptors (Lipinski definition) is 7. The van der Waals surface area contributed by atoms with Gasteiger partial charge in [-0.15, -0.1) is 0 Å². The minimum Gasteiger partial charge on any atom is -0.507 e. The Balaban J connectivity index is 0.979. The topological polar surface area (TPSA) is 122 Å². The van der Waals surface area contributed by atoms with Crippen LogP contribution in [-0.2, 0) is 24.1 Å². The van der Waals surface area contributed by atoms with E-state index in [2.05, 4.69) is 29.6 Å². The second-order valence-corrected chi connectivity index (χ2v) is 16.3. The smallest absolute Gasteiger partial charge is 0.169 e. The number of benzene rings is 4. The highest BCUT2D eigenvalue weighted by atomic mass is 16.5. The number of hydrogen-bond donors (Lipinski definition) is 6. The third kappa shape index (κ3) is 6.00. The SMILES string of the molecule is Oc1ccc(C=Cc2c(CCc3ccc(CN[C@H]4CCOC5(C4)C4(CCCC4)CCCC54CCCC4)cc3)c(O)c(O)c3c(O)cccc23)cc1O. The monoisotopic (exact) mass is 703 g/mol. The summed E-state index contributed by atoms with van der Waals surface area (Å²) in [6.45, 7) is 1.69. The van der Waals surface area contributed by atoms with E-state index in [1.165, 1.54) is 94.4 Å². The van der Waals surface area contributed by atoms with Crippen LogP contribution in [0.3, 0.4) is 0 Å². The standard InChI is InChI=1S/C45H53NO6/c47-37-18-15-31(27-39(37)49)14-16-34-35-7-5-8-38(48)40(35)42(51)41(50)36(34)17-13-30-9-11-32(12-10-30)29-46-33-19-26-52-45(28-33)43(20-1-2-21-43)24-6-25-44(45)22-3-4-23-44/h5,7-12,14-16,18,27,33,46-51H,1-4,6,13,17,19-26,28-29H2/t33-/m0/s1. The molecule has 3 aliphatic carbocycles. The third-order valence-corrected chi connectivity index (χ3v) is 13.6. The van der Waals surface area contributed by atoms with Crippen LogP contribution in [0.15, 0.2) is 60.7 Å². The van der Waals surface area contributed by atoms with Gasteiger partial charge < -0.3 is 35.6 Å². The van der Waals surface area contributed by atoms with Gasteiger partial charge in [0, 0.05) is 35.6 Å². The molecular weight excluding hydrogens is 650 g/mol. The van der Waals surface area contributed by atoms with Gasteiger partial charge in [-0.25, -0.2) is 0 Å². The van der Waals surface area contributed by atoms with Crippen molar-refractivity contribution in [1.29, 1.82) is 0 Å². The average molecular weight is 704 g/mol. The predicted molar refractivity (Wildman–Crippen MR) is 206 cm³/mol. The lowest BCUT2D eigenvalue weighted by molar-refractivity contribution is -0.254. The van der Waals surface area contributed by atoms with Crippen molar-refractivity contribution in [3.63, 3.8) is 0 Å². The van der Waals surface area contributed by atoms with E-state index in [4.69, 9.17) is 4.74 Å². The molecule has 7 heteroatoms. The molecule has 0 unspecified atom stereocenters. The lowest BCUT2D eigenvalue weighted by Gasteiger charge is -2.64. The van der Waals surface area contributed by atoms with Crippen molar-refractivity contribution in [1.82, 2.24) is 5.32 Å². The summed E-state index contributed by atoms with van der Waals surface area (Å²) in [6.07, 6.45) is 21.8. The zero-order valence-corrected chi connectivity index (χ0v) is 30.2. The summed E-state index contributed by atoms with van der Waals surface area (Å²) < 4.78 is 7.13. The van der Waals surface area contributed by atoms with Gasteiger partial charge in [0.2, 0.25) is 0 Å². The van der Waals surface area contributed by atoms with Crippen molar-refractivity contribution < 1.29 is 30.3 Å². The molecule has 6 N–H and O–H groups in total. The molecule has 4 aliphatic rings. The van der Waals surface area contributed by atoms with Crippen LogP contribution in [0.5, 0.6) is 28.7 Å². The Morgan fingerprint density at radius 3 is 2.04 bits per heavy atom. The van der Waals surface area contributed by atoms with Gasteiger partial charge in [0.15, 0.2) is 23.0 Å². The molecule has 3 saturated carbocycles. The lowest BCUT2D eigenvalue weighted by atomic mass is 9.47. The molecule has 1 aliphatic heterocycles. The summed E-state index contributed by atoms with van der Waals surface area (Å²) in [6, 6.07) is 18.7. The van der Waals surface area contributed by atoms with Crippen molar-refractivity contribution in [2.45, 2.75) is 114 Å². The summed E-state index contributed by atoms with van der Waals surface area (Å²) in [5, 5.41) is 57.3. The van der Waals surface area contributed by atoms with Gasteiger partial charge in [0.1, 0.15) is 5.75 Å². The fourth-order valence-corrected chi connectivity index (χ4v) is 11.1. The summed E-state index contributed by atoms with van der Waals surface area (Å²) in [5.74, 6) is -1.15. The number of fused-ring (bicyclic) bond motifs is 3. The first-order chi connectivity index (χ1) is 25.2. The Hall–Kier alpha value is -4.20. The molecule has 52 heavy (non-hydrogen) atoms. The van der Waals surface area contributed by atoms with E-state index in [0.717, 1.165) is 31.6 Å². The van der Waals surface area contributed by atoms with E-state index in [1.54, 1.807) is 18.2 Å². The quantitative estimate of drug-likeness (QED) is 0.0798. The van der Waals surface area contributed by atoms with Crippen LogP contribution in [0.2, 0.25) is 0 Å². The number of aromatic hydroxyl groups is 5. The number of phenols is 5. The van der Waals surface area contributed by atoms with Crippen molar-refractivity contribution >= 4 is 22.9 Å². The Morgan fingerprint density at radius 1 is 0.673 bits per heavy atom. The minimum atomic E-state index is -0.343. The highest BCUT2D eigenvalue weighted by Gasteiger charge is 2.67. The van der Waals surface area contributed by atoms with E-state index in [1.807, 2.05) is 12.1 Å². The van der Waals surface area contributed by atoms with Crippen molar-refractivity contribution in [3.8, 4) is 28.7 Å². The molecular formula is C45H53NO6. The van der Waals surface area contributed by atoms with Crippen LogP contribution in [0, 0.1) is 10.8 Å². The predicted octanol–water partition coefficient (Wildman–Crippen LogP) is 9.64. The van der Waals surface area contributed by atoms with E-state index in [0.29, 0.717) is 51.8 Å². The molecule has 1 saturated heterocycles. The highest BCUT2D eigenvalue weighted by molar-refractivity contribution is 6.03. The van der Waals surface area contributed by atoms with Gasteiger partial charge >= 0.3 is 0 Å². The molecule has 4 aromatic carbocycles. The van der Waals surface area contributed by atoms with Gasteiger partial charge in [-0.1, -0.05) is 86.7 Å². The first kappa shape index (κ1) is 34.9. The Bertz CT molecular complexity index is 1930. The van der Waals surface area contributed by atoms with Crippen LogP contribution in [0.1, 0.15) is 111 Å². The van der Waals surface area contributed by atoms with E-state index in [-0.39, 0.29) is 39.7 Å². The van der Waals surface area contributed by atoms with Crippen LogP contribution < -0.4 is 5.32 Å². The van der Waals surface area contributed by atoms with Crippen LogP contribution in [-0.4, -0.2) is 43.8 Å². The van der Waals surface area contributed by atoms with Crippen LogP contribution in [0.25, 0.3) is 22.9 Å². The molecule has 0 amide bonds. The Morgan fingerprint density at radius 2 is 1.35 bits per heavy atom. The minimum absolute atomic E-state index is 0.0341. The third-order valence-electron chi connectivity index (χ3n) is 13.6. The molecule has 8 rings (SSSR count). The molecule has 1 heterocycles. The Kier molecular flexibility index (Phi) is 9.37. The van der Waals surface area contributed by atoms with Crippen molar-refractivity contribution in [2.24, 2.45) is 10.8 Å². The molecule has 4 aromatic rings. The van der Waals surface area contributed by atoms with Gasteiger partial charge in [0.05, 0.1) is 11.0 Å². The van der Waals surface area contributed by atoms with E-state index < -0.39 is 0 Å². The number of rotatable bonds is 8. The zero-order chi connectivity index (χ0) is 35.9. The summed E-state index contributed by atoms with van der Waals surface area (Å²) in [5.41, 5.74) is 5.04. The molecule has 1 atom stereocenters. The van der Waals surface area contributed by atoms with Crippen molar-refractivity contribution in [2.75, 3.05) is 6.61 Å². The average Bonchev–Trinajstić information content (AvgIpc) is 3.84. The maximum Gasteiger partial charge on any atom is 0.169 e. The lowest BCUT2D eigenvalue weighted by Crippen LogP contribution is -2.66. The molecule has 0 radical (unpaired) electrons. The largest absolute Gasteiger partial charge is 0.507 e. The fourth-order valence-electron chi connectivity index (χ4n) is 11.1. The summed E-state index contributed by atoms with van der Waals surface area (Å²) in [4.78, 5) is 0. The first-order valence-corrected chi connectivity index (χ1v) is 19.6. The number of ether oxygens (including phenoxy) is 1. The normalized spacial score (nSPS) is 22.0. The van der Waals surface area contributed by atoms with Gasteiger partial charge in [0.25, 0.3) is 0 Å². The van der Waals surface area contributed by atoms with Crippen molar-refractivity contribution in [3.05, 3.63) is 88.5 Å². The second-order valence-electron chi connectivity index (χ2n) is 16.3. The Labute approximate surface area is 307 Å². The molecule has 4 fully saturated rings. The van der Waals surface area contributed by atoms with Gasteiger partial charge in [-0.05, 0) is 110 Å². The molecule has 0 bridgehead atoms. The zero-order valence-electron chi connectivity index (χ0n) is 30.2. The highest BCUT2D eigenvalue weighted by Crippen LogP contribution is 2.69. The van der Waals surface area contributed by atoms with Crippen LogP contribution >= 0.6 is 0 Å². The van der Waals surface area contributed by atoms with E-state index in [9.17, 15) is 25.5 Å². The maximum absolute atomic E-state index is 11.2. The molecule has 0 aromatic heterocycles.